The quantitative estimate of drug-likeness (QED) is 0.583. The highest BCUT2D eigenvalue weighted by Gasteiger charge is 2.22. The minimum Gasteiger partial charge on any atom is -0.478 e. The van der Waals surface area contributed by atoms with E-state index >= 15 is 0 Å². The highest BCUT2D eigenvalue weighted by atomic mass is 35.5. The maximum atomic E-state index is 13.6. The normalized spacial score (nSPS) is 13.7. The predicted molar refractivity (Wildman–Crippen MR) is 124 cm³/mol. The number of amides is 1. The highest BCUT2D eigenvalue weighted by molar-refractivity contribution is 6.30. The zero-order valence-corrected chi connectivity index (χ0v) is 17.8. The van der Waals surface area contributed by atoms with Gasteiger partial charge in [-0.15, -0.1) is 0 Å². The second kappa shape index (κ2) is 9.28. The van der Waals surface area contributed by atoms with Gasteiger partial charge in [0.1, 0.15) is 5.82 Å². The number of nitrogens with zero attached hydrogens (tertiary/aromatic N) is 2. The van der Waals surface area contributed by atoms with Crippen molar-refractivity contribution in [2.75, 3.05) is 41.3 Å². The lowest BCUT2D eigenvalue weighted by molar-refractivity contribution is 0.0696. The van der Waals surface area contributed by atoms with E-state index in [4.69, 9.17) is 11.6 Å². The molecule has 1 aliphatic heterocycles. The maximum Gasteiger partial charge on any atom is 0.335 e. The fourth-order valence-corrected chi connectivity index (χ4v) is 3.85. The van der Waals surface area contributed by atoms with Crippen LogP contribution >= 0.6 is 11.6 Å². The largest absolute Gasteiger partial charge is 0.478 e. The van der Waals surface area contributed by atoms with Crippen LogP contribution in [0, 0.1) is 5.82 Å². The Kier molecular flexibility index (Phi) is 6.28. The van der Waals surface area contributed by atoms with Gasteiger partial charge in [-0.05, 0) is 60.7 Å². The summed E-state index contributed by atoms with van der Waals surface area (Å²) in [6.45, 7) is 2.59. The van der Waals surface area contributed by atoms with Gasteiger partial charge in [-0.3, -0.25) is 4.79 Å². The molecule has 0 aliphatic carbocycles. The number of carbonyl (C=O) groups excluding carboxylic acids is 1. The molecule has 2 N–H and O–H groups in total. The summed E-state index contributed by atoms with van der Waals surface area (Å²) in [6, 6.07) is 17.6. The number of rotatable bonds is 5. The molecular weight excluding hydrogens is 433 g/mol. The van der Waals surface area contributed by atoms with E-state index in [1.807, 2.05) is 6.07 Å². The molecule has 1 aliphatic rings. The minimum absolute atomic E-state index is 0.0820. The Bertz CT molecular complexity index is 1150. The molecule has 0 atom stereocenters. The van der Waals surface area contributed by atoms with E-state index in [0.717, 1.165) is 11.4 Å². The van der Waals surface area contributed by atoms with Crippen molar-refractivity contribution in [2.45, 2.75) is 0 Å². The number of carbonyl (C=O) groups is 2. The van der Waals surface area contributed by atoms with Crippen molar-refractivity contribution >= 4 is 40.5 Å². The fraction of sp³-hybridized carbons (Fsp3) is 0.167. The van der Waals surface area contributed by atoms with Crippen molar-refractivity contribution in [3.63, 3.8) is 0 Å². The summed E-state index contributed by atoms with van der Waals surface area (Å²) in [7, 11) is 0. The lowest BCUT2D eigenvalue weighted by atomic mass is 10.1. The predicted octanol–water partition coefficient (Wildman–Crippen LogP) is 4.76. The summed E-state index contributed by atoms with van der Waals surface area (Å²) in [5.41, 5.74) is 2.47. The van der Waals surface area contributed by atoms with Crippen LogP contribution in [-0.2, 0) is 0 Å². The molecular formula is C24H21ClFN3O3. The first-order valence-corrected chi connectivity index (χ1v) is 10.5. The second-order valence-electron chi connectivity index (χ2n) is 7.45. The number of halogens is 2. The summed E-state index contributed by atoms with van der Waals surface area (Å²) in [5, 5.41) is 12.8. The Balaban J connectivity index is 1.55. The number of nitrogens with one attached hydrogen (secondary N) is 1. The lowest BCUT2D eigenvalue weighted by Gasteiger charge is -2.38. The monoisotopic (exact) mass is 453 g/mol. The summed E-state index contributed by atoms with van der Waals surface area (Å²) >= 11 is 5.90. The van der Waals surface area contributed by atoms with E-state index < -0.39 is 5.97 Å². The minimum atomic E-state index is -1.07. The molecule has 1 fully saturated rings. The average molecular weight is 454 g/mol. The number of benzene rings is 3. The molecule has 164 valence electrons. The van der Waals surface area contributed by atoms with E-state index in [9.17, 15) is 19.1 Å². The zero-order chi connectivity index (χ0) is 22.7. The SMILES string of the molecule is O=C(O)c1ccc(N2CCN(c3cccc(F)c3)CC2)c(NC(=O)c2ccc(Cl)cc2)c1. The van der Waals surface area contributed by atoms with E-state index in [-0.39, 0.29) is 17.3 Å². The number of carboxylic acids is 1. The van der Waals surface area contributed by atoms with Gasteiger partial charge in [0.05, 0.1) is 16.9 Å². The molecule has 0 saturated carbocycles. The van der Waals surface area contributed by atoms with Crippen molar-refractivity contribution in [2.24, 2.45) is 0 Å². The molecule has 1 amide bonds. The third-order valence-electron chi connectivity index (χ3n) is 5.39. The number of piperazine rings is 1. The second-order valence-corrected chi connectivity index (χ2v) is 7.89. The van der Waals surface area contributed by atoms with Crippen LogP contribution in [0.15, 0.2) is 66.7 Å². The van der Waals surface area contributed by atoms with Gasteiger partial charge < -0.3 is 20.2 Å². The highest BCUT2D eigenvalue weighted by Crippen LogP contribution is 2.30. The van der Waals surface area contributed by atoms with Crippen molar-refractivity contribution in [3.05, 3.63) is 88.7 Å². The molecule has 1 saturated heterocycles. The van der Waals surface area contributed by atoms with Crippen molar-refractivity contribution < 1.29 is 19.1 Å². The Morgan fingerprint density at radius 2 is 1.53 bits per heavy atom. The number of carboxylic acid groups (broad SMARTS) is 1. The third kappa shape index (κ3) is 4.84. The Labute approximate surface area is 189 Å². The van der Waals surface area contributed by atoms with Crippen LogP contribution < -0.4 is 15.1 Å². The number of hydrogen-bond donors (Lipinski definition) is 2. The molecule has 0 spiro atoms. The van der Waals surface area contributed by atoms with E-state index in [2.05, 4.69) is 15.1 Å². The van der Waals surface area contributed by atoms with Crippen LogP contribution in [0.1, 0.15) is 20.7 Å². The summed E-state index contributed by atoms with van der Waals surface area (Å²) in [4.78, 5) is 28.4. The van der Waals surface area contributed by atoms with E-state index in [1.165, 1.54) is 24.3 Å². The van der Waals surface area contributed by atoms with Crippen molar-refractivity contribution in [1.29, 1.82) is 0 Å². The van der Waals surface area contributed by atoms with Gasteiger partial charge in [0.2, 0.25) is 0 Å². The topological polar surface area (TPSA) is 72.9 Å². The fourth-order valence-electron chi connectivity index (χ4n) is 3.72. The Morgan fingerprint density at radius 3 is 2.19 bits per heavy atom. The molecule has 0 bridgehead atoms. The Hall–Kier alpha value is -3.58. The van der Waals surface area contributed by atoms with Crippen molar-refractivity contribution in [1.82, 2.24) is 0 Å². The molecule has 6 nitrogen and oxygen atoms in total. The van der Waals surface area contributed by atoms with Crippen molar-refractivity contribution in [3.8, 4) is 0 Å². The molecule has 1 heterocycles. The lowest BCUT2D eigenvalue weighted by Crippen LogP contribution is -2.46. The van der Waals surface area contributed by atoms with Gasteiger partial charge in [-0.25, -0.2) is 9.18 Å². The van der Waals surface area contributed by atoms with Crippen LogP contribution in [0.5, 0.6) is 0 Å². The molecule has 32 heavy (non-hydrogen) atoms. The average Bonchev–Trinajstić information content (AvgIpc) is 2.79. The van der Waals surface area contributed by atoms with E-state index in [1.54, 1.807) is 36.4 Å². The summed E-state index contributed by atoms with van der Waals surface area (Å²) in [6.07, 6.45) is 0. The zero-order valence-electron chi connectivity index (χ0n) is 17.1. The van der Waals surface area contributed by atoms with Gasteiger partial charge in [-0.2, -0.15) is 0 Å². The molecule has 3 aromatic rings. The number of anilines is 3. The van der Waals surface area contributed by atoms with Crippen LogP contribution in [0.2, 0.25) is 5.02 Å². The smallest absolute Gasteiger partial charge is 0.335 e. The number of hydrogen-bond acceptors (Lipinski definition) is 4. The summed E-state index contributed by atoms with van der Waals surface area (Å²) < 4.78 is 13.6. The standard InChI is InChI=1S/C24H21ClFN3O3/c25-18-7-4-16(5-8-18)23(30)27-21-14-17(24(31)32)6-9-22(21)29-12-10-28(11-13-29)20-3-1-2-19(26)15-20/h1-9,14-15H,10-13H2,(H,27,30)(H,31,32). The third-order valence-corrected chi connectivity index (χ3v) is 5.64. The van der Waals surface area contributed by atoms with Gasteiger partial charge >= 0.3 is 5.97 Å². The van der Waals surface area contributed by atoms with Crippen LogP contribution in [0.4, 0.5) is 21.5 Å². The molecule has 0 radical (unpaired) electrons. The van der Waals surface area contributed by atoms with E-state index in [0.29, 0.717) is 42.5 Å². The van der Waals surface area contributed by atoms with Gasteiger partial charge in [0, 0.05) is 42.5 Å². The number of aromatic carboxylic acids is 1. The summed E-state index contributed by atoms with van der Waals surface area (Å²) in [5.74, 6) is -1.71. The first-order valence-electron chi connectivity index (χ1n) is 10.1. The maximum absolute atomic E-state index is 13.6. The van der Waals surface area contributed by atoms with Gasteiger partial charge in [0.25, 0.3) is 5.91 Å². The van der Waals surface area contributed by atoms with Crippen LogP contribution in [-0.4, -0.2) is 43.2 Å². The Morgan fingerprint density at radius 1 is 0.875 bits per heavy atom. The molecule has 4 rings (SSSR count). The first kappa shape index (κ1) is 21.6. The molecule has 0 unspecified atom stereocenters. The molecule has 8 heteroatoms. The van der Waals surface area contributed by atoms with Crippen LogP contribution in [0.25, 0.3) is 0 Å². The van der Waals surface area contributed by atoms with Gasteiger partial charge in [-0.1, -0.05) is 17.7 Å². The molecule has 0 aromatic heterocycles. The first-order chi connectivity index (χ1) is 15.4. The molecule has 3 aromatic carbocycles. The van der Waals surface area contributed by atoms with Crippen LogP contribution in [0.3, 0.4) is 0 Å². The van der Waals surface area contributed by atoms with Gasteiger partial charge in [0.15, 0.2) is 0 Å².